The summed E-state index contributed by atoms with van der Waals surface area (Å²) >= 11 is 0. The van der Waals surface area contributed by atoms with Gasteiger partial charge in [-0.3, -0.25) is 4.79 Å². The van der Waals surface area contributed by atoms with Crippen LogP contribution < -0.4 is 4.90 Å². The van der Waals surface area contributed by atoms with Gasteiger partial charge in [0.25, 0.3) is 0 Å². The number of nitrogens with zero attached hydrogens (tertiary/aromatic N) is 6. The fourth-order valence-electron chi connectivity index (χ4n) is 2.71. The van der Waals surface area contributed by atoms with Gasteiger partial charge < -0.3 is 14.4 Å². The molecule has 1 aliphatic heterocycles. The van der Waals surface area contributed by atoms with Crippen LogP contribution in [0.4, 0.5) is 5.95 Å². The summed E-state index contributed by atoms with van der Waals surface area (Å²) in [4.78, 5) is 29.4. The number of amides is 1. The first kappa shape index (κ1) is 14.5. The van der Waals surface area contributed by atoms with Crippen LogP contribution in [0.15, 0.2) is 30.9 Å². The third-order valence-electron chi connectivity index (χ3n) is 4.01. The number of hydrogen-bond acceptors (Lipinski definition) is 5. The summed E-state index contributed by atoms with van der Waals surface area (Å²) in [7, 11) is 1.98. The molecule has 7 nitrogen and oxygen atoms in total. The van der Waals surface area contributed by atoms with Crippen molar-refractivity contribution < 1.29 is 4.79 Å². The number of aryl methyl sites for hydroxylation is 1. The van der Waals surface area contributed by atoms with Crippen molar-refractivity contribution in [2.24, 2.45) is 7.05 Å². The average Bonchev–Trinajstić information content (AvgIpc) is 3.00. The molecule has 0 N–H and O–H groups in total. The van der Waals surface area contributed by atoms with E-state index >= 15 is 0 Å². The van der Waals surface area contributed by atoms with Crippen LogP contribution in [0.25, 0.3) is 0 Å². The molecule has 1 fully saturated rings. The number of carbonyl (C=O) groups is 1. The van der Waals surface area contributed by atoms with Crippen molar-refractivity contribution in [2.75, 3.05) is 31.1 Å². The van der Waals surface area contributed by atoms with E-state index in [1.165, 1.54) is 0 Å². The topological polar surface area (TPSA) is 67.2 Å². The molecule has 1 amide bonds. The molecule has 3 heterocycles. The monoisotopic (exact) mass is 300 g/mol. The first-order valence-corrected chi connectivity index (χ1v) is 7.45. The first-order valence-electron chi connectivity index (χ1n) is 7.45. The van der Waals surface area contributed by atoms with Gasteiger partial charge in [-0.2, -0.15) is 0 Å². The Morgan fingerprint density at radius 1 is 1.09 bits per heavy atom. The Morgan fingerprint density at radius 2 is 1.77 bits per heavy atom. The minimum atomic E-state index is -0.305. The van der Waals surface area contributed by atoms with Crippen LogP contribution in [0, 0.1) is 0 Å². The Morgan fingerprint density at radius 3 is 2.36 bits per heavy atom. The molecule has 0 radical (unpaired) electrons. The molecule has 0 aliphatic carbocycles. The van der Waals surface area contributed by atoms with E-state index in [-0.39, 0.29) is 11.8 Å². The van der Waals surface area contributed by atoms with Gasteiger partial charge in [-0.25, -0.2) is 15.0 Å². The molecule has 1 aliphatic rings. The highest BCUT2D eigenvalue weighted by Gasteiger charge is 2.28. The third-order valence-corrected chi connectivity index (χ3v) is 4.01. The zero-order valence-corrected chi connectivity index (χ0v) is 12.9. The number of piperazine rings is 1. The zero-order chi connectivity index (χ0) is 15.5. The highest BCUT2D eigenvalue weighted by Crippen LogP contribution is 2.17. The standard InChI is InChI=1S/C15H20N6O/c1-12(13-16-4-3-5-17-13)14(22)20-8-10-21(11-9-20)15-18-6-7-19(15)2/h3-7,12H,8-11H2,1-2H3. The van der Waals surface area contributed by atoms with Crippen LogP contribution in [0.1, 0.15) is 18.7 Å². The van der Waals surface area contributed by atoms with Crippen molar-refractivity contribution in [3.8, 4) is 0 Å². The summed E-state index contributed by atoms with van der Waals surface area (Å²) in [5.74, 6) is 1.32. The molecule has 1 saturated heterocycles. The van der Waals surface area contributed by atoms with Crippen molar-refractivity contribution >= 4 is 11.9 Å². The Labute approximate surface area is 129 Å². The second-order valence-electron chi connectivity index (χ2n) is 5.48. The summed E-state index contributed by atoms with van der Waals surface area (Å²) in [5.41, 5.74) is 0. The molecule has 1 atom stereocenters. The predicted octanol–water partition coefficient (Wildman–Crippen LogP) is 0.662. The third kappa shape index (κ3) is 2.79. The minimum absolute atomic E-state index is 0.0886. The smallest absolute Gasteiger partial charge is 0.233 e. The number of imidazole rings is 1. The van der Waals surface area contributed by atoms with E-state index in [9.17, 15) is 4.79 Å². The van der Waals surface area contributed by atoms with Crippen molar-refractivity contribution in [1.29, 1.82) is 0 Å². The van der Waals surface area contributed by atoms with Crippen molar-refractivity contribution in [3.05, 3.63) is 36.7 Å². The molecular weight excluding hydrogens is 280 g/mol. The summed E-state index contributed by atoms with van der Waals surface area (Å²) in [6.45, 7) is 4.84. The molecule has 0 spiro atoms. The fraction of sp³-hybridized carbons (Fsp3) is 0.467. The highest BCUT2D eigenvalue weighted by molar-refractivity contribution is 5.82. The van der Waals surface area contributed by atoms with Crippen LogP contribution in [0.5, 0.6) is 0 Å². The predicted molar refractivity (Wildman–Crippen MR) is 82.4 cm³/mol. The van der Waals surface area contributed by atoms with Gasteiger partial charge in [0.2, 0.25) is 11.9 Å². The van der Waals surface area contributed by atoms with E-state index in [1.807, 2.05) is 29.6 Å². The molecule has 1 unspecified atom stereocenters. The second-order valence-corrected chi connectivity index (χ2v) is 5.48. The van der Waals surface area contributed by atoms with Gasteiger partial charge in [-0.15, -0.1) is 0 Å². The van der Waals surface area contributed by atoms with Crippen molar-refractivity contribution in [1.82, 2.24) is 24.4 Å². The van der Waals surface area contributed by atoms with E-state index in [1.54, 1.807) is 24.7 Å². The Balaban J connectivity index is 1.61. The maximum Gasteiger partial charge on any atom is 0.233 e. The summed E-state index contributed by atoms with van der Waals surface area (Å²) in [6.07, 6.45) is 7.07. The van der Waals surface area contributed by atoms with E-state index in [4.69, 9.17) is 0 Å². The van der Waals surface area contributed by atoms with Gasteiger partial charge in [0, 0.05) is 58.0 Å². The molecule has 0 aromatic carbocycles. The highest BCUT2D eigenvalue weighted by atomic mass is 16.2. The Bertz CT molecular complexity index is 632. The maximum atomic E-state index is 12.6. The van der Waals surface area contributed by atoms with Gasteiger partial charge in [0.05, 0.1) is 5.92 Å². The number of rotatable bonds is 3. The molecule has 0 bridgehead atoms. The fourth-order valence-corrected chi connectivity index (χ4v) is 2.71. The van der Waals surface area contributed by atoms with Crippen LogP contribution in [0.3, 0.4) is 0 Å². The lowest BCUT2D eigenvalue weighted by Crippen LogP contribution is -2.50. The Hall–Kier alpha value is -2.44. The molecule has 3 rings (SSSR count). The normalized spacial score (nSPS) is 16.6. The van der Waals surface area contributed by atoms with Gasteiger partial charge in [-0.1, -0.05) is 0 Å². The quantitative estimate of drug-likeness (QED) is 0.833. The molecule has 2 aromatic rings. The van der Waals surface area contributed by atoms with E-state index in [0.29, 0.717) is 18.9 Å². The number of aromatic nitrogens is 4. The Kier molecular flexibility index (Phi) is 4.04. The van der Waals surface area contributed by atoms with Crippen LogP contribution in [0.2, 0.25) is 0 Å². The number of anilines is 1. The average molecular weight is 300 g/mol. The maximum absolute atomic E-state index is 12.6. The summed E-state index contributed by atoms with van der Waals surface area (Å²) in [5, 5.41) is 0. The van der Waals surface area contributed by atoms with Crippen molar-refractivity contribution in [2.45, 2.75) is 12.8 Å². The number of hydrogen-bond donors (Lipinski definition) is 0. The van der Waals surface area contributed by atoms with E-state index < -0.39 is 0 Å². The number of carbonyl (C=O) groups excluding carboxylic acids is 1. The lowest BCUT2D eigenvalue weighted by molar-refractivity contribution is -0.132. The SMILES string of the molecule is CC(C(=O)N1CCN(c2nccn2C)CC1)c1ncccn1. The van der Waals surface area contributed by atoms with Crippen LogP contribution >= 0.6 is 0 Å². The first-order chi connectivity index (χ1) is 10.7. The second kappa shape index (κ2) is 6.13. The molecule has 7 heteroatoms. The van der Waals surface area contributed by atoms with E-state index in [0.717, 1.165) is 19.0 Å². The summed E-state index contributed by atoms with van der Waals surface area (Å²) < 4.78 is 2.00. The lowest BCUT2D eigenvalue weighted by Gasteiger charge is -2.36. The largest absolute Gasteiger partial charge is 0.339 e. The van der Waals surface area contributed by atoms with Gasteiger partial charge >= 0.3 is 0 Å². The molecule has 116 valence electrons. The zero-order valence-electron chi connectivity index (χ0n) is 12.9. The van der Waals surface area contributed by atoms with Crippen molar-refractivity contribution in [3.63, 3.8) is 0 Å². The van der Waals surface area contributed by atoms with Crippen LogP contribution in [-0.2, 0) is 11.8 Å². The lowest BCUT2D eigenvalue weighted by atomic mass is 10.1. The van der Waals surface area contributed by atoms with E-state index in [2.05, 4.69) is 19.9 Å². The van der Waals surface area contributed by atoms with Gasteiger partial charge in [0.15, 0.2) is 0 Å². The van der Waals surface area contributed by atoms with Gasteiger partial charge in [0.1, 0.15) is 5.82 Å². The van der Waals surface area contributed by atoms with Crippen LogP contribution in [-0.4, -0.2) is 56.5 Å². The molecule has 2 aromatic heterocycles. The minimum Gasteiger partial charge on any atom is -0.339 e. The summed E-state index contributed by atoms with van der Waals surface area (Å²) in [6, 6.07) is 1.76. The molecule has 22 heavy (non-hydrogen) atoms. The molecule has 0 saturated carbocycles. The van der Waals surface area contributed by atoms with Gasteiger partial charge in [-0.05, 0) is 13.0 Å². The molecular formula is C15H20N6O.